The van der Waals surface area contributed by atoms with Gasteiger partial charge in [0.15, 0.2) is 5.69 Å². The van der Waals surface area contributed by atoms with Crippen molar-refractivity contribution in [2.45, 2.75) is 71.0 Å². The molecule has 1 aliphatic carbocycles. The summed E-state index contributed by atoms with van der Waals surface area (Å²) in [5, 5.41) is 8.80. The van der Waals surface area contributed by atoms with E-state index in [0.29, 0.717) is 11.7 Å². The van der Waals surface area contributed by atoms with Crippen molar-refractivity contribution >= 4 is 5.91 Å². The number of carbonyl (C=O) groups is 1. The Labute approximate surface area is 166 Å². The molecule has 4 rings (SSSR count). The van der Waals surface area contributed by atoms with Gasteiger partial charge in [0, 0.05) is 49.5 Å². The van der Waals surface area contributed by atoms with Gasteiger partial charge in [-0.1, -0.05) is 18.0 Å². The molecule has 2 aliphatic rings. The lowest BCUT2D eigenvalue weighted by molar-refractivity contribution is 0.0753. The van der Waals surface area contributed by atoms with Crippen molar-refractivity contribution in [3.8, 4) is 0 Å². The lowest BCUT2D eigenvalue weighted by atomic mass is 9.90. The third-order valence-corrected chi connectivity index (χ3v) is 6.24. The minimum atomic E-state index is 0.130. The van der Waals surface area contributed by atoms with E-state index in [9.17, 15) is 4.79 Å². The van der Waals surface area contributed by atoms with Crippen LogP contribution in [-0.4, -0.2) is 56.8 Å². The molecule has 1 aliphatic heterocycles. The Hall–Kier alpha value is -2.15. The lowest BCUT2D eigenvalue weighted by Crippen LogP contribution is -2.37. The summed E-state index contributed by atoms with van der Waals surface area (Å²) >= 11 is 0. The number of aryl methyl sites for hydroxylation is 1. The maximum absolute atomic E-state index is 13.3. The van der Waals surface area contributed by atoms with Gasteiger partial charge in [-0.25, -0.2) is 0 Å². The minimum Gasteiger partial charge on any atom is -0.364 e. The number of rotatable bonds is 5. The zero-order chi connectivity index (χ0) is 19.5. The summed E-state index contributed by atoms with van der Waals surface area (Å²) in [6, 6.07) is 2.29. The Bertz CT molecular complexity index is 790. The fourth-order valence-electron chi connectivity index (χ4n) is 4.61. The van der Waals surface area contributed by atoms with Crippen molar-refractivity contribution in [3.63, 3.8) is 0 Å². The Balaban J connectivity index is 1.55. The Morgan fingerprint density at radius 2 is 2.07 bits per heavy atom. The molecule has 0 spiro atoms. The van der Waals surface area contributed by atoms with Gasteiger partial charge in [-0.15, -0.1) is 0 Å². The van der Waals surface area contributed by atoms with E-state index in [-0.39, 0.29) is 5.91 Å². The van der Waals surface area contributed by atoms with Crippen molar-refractivity contribution in [3.05, 3.63) is 35.0 Å². The van der Waals surface area contributed by atoms with Gasteiger partial charge in [-0.05, 0) is 46.1 Å². The highest BCUT2D eigenvalue weighted by Crippen LogP contribution is 2.29. The van der Waals surface area contributed by atoms with Crippen molar-refractivity contribution < 1.29 is 9.32 Å². The molecule has 7 nitrogen and oxygen atoms in total. The third-order valence-electron chi connectivity index (χ3n) is 6.24. The molecule has 1 unspecified atom stereocenters. The van der Waals surface area contributed by atoms with Gasteiger partial charge in [-0.3, -0.25) is 14.4 Å². The average Bonchev–Trinajstić information content (AvgIpc) is 3.26. The molecule has 7 heteroatoms. The van der Waals surface area contributed by atoms with Crippen molar-refractivity contribution in [1.82, 2.24) is 24.7 Å². The number of likely N-dealkylation sites (N-methyl/N-ethyl adjacent to an activating group) is 1. The van der Waals surface area contributed by atoms with E-state index in [2.05, 4.69) is 24.0 Å². The van der Waals surface area contributed by atoms with E-state index in [1.54, 1.807) is 6.26 Å². The van der Waals surface area contributed by atoms with Gasteiger partial charge in [0.1, 0.15) is 6.26 Å². The summed E-state index contributed by atoms with van der Waals surface area (Å²) < 4.78 is 7.01. The van der Waals surface area contributed by atoms with E-state index >= 15 is 0 Å². The molecule has 28 heavy (non-hydrogen) atoms. The number of aromatic nitrogens is 3. The van der Waals surface area contributed by atoms with Crippen LogP contribution >= 0.6 is 0 Å². The molecule has 0 radical (unpaired) electrons. The zero-order valence-electron chi connectivity index (χ0n) is 17.1. The molecule has 0 bridgehead atoms. The molecular formula is C21H31N5O2. The lowest BCUT2D eigenvalue weighted by Gasteiger charge is -2.31. The SMILES string of the molecule is CCn1nc(C(=O)N2CCCCCC2)c2c1CCC(N(C)Cc1ccon1)C2. The minimum absolute atomic E-state index is 0.130. The van der Waals surface area contributed by atoms with Crippen LogP contribution in [0.3, 0.4) is 0 Å². The van der Waals surface area contributed by atoms with Crippen molar-refractivity contribution in [1.29, 1.82) is 0 Å². The smallest absolute Gasteiger partial charge is 0.274 e. The van der Waals surface area contributed by atoms with E-state index in [0.717, 1.165) is 64.0 Å². The second kappa shape index (κ2) is 8.47. The van der Waals surface area contributed by atoms with Gasteiger partial charge in [-0.2, -0.15) is 5.10 Å². The summed E-state index contributed by atoms with van der Waals surface area (Å²) in [4.78, 5) is 17.7. The van der Waals surface area contributed by atoms with Crippen molar-refractivity contribution in [2.24, 2.45) is 0 Å². The quantitative estimate of drug-likeness (QED) is 0.792. The van der Waals surface area contributed by atoms with E-state index in [1.807, 2.05) is 15.6 Å². The third kappa shape index (κ3) is 3.85. The summed E-state index contributed by atoms with van der Waals surface area (Å²) in [5.74, 6) is 0.130. The molecule has 0 N–H and O–H groups in total. The second-order valence-corrected chi connectivity index (χ2v) is 8.10. The molecule has 1 atom stereocenters. The first kappa shape index (κ1) is 19.2. The fraction of sp³-hybridized carbons (Fsp3) is 0.667. The number of fused-ring (bicyclic) bond motifs is 1. The number of likely N-dealkylation sites (tertiary alicyclic amines) is 1. The summed E-state index contributed by atoms with van der Waals surface area (Å²) in [6.45, 7) is 5.41. The average molecular weight is 386 g/mol. The Kier molecular flexibility index (Phi) is 5.80. The highest BCUT2D eigenvalue weighted by molar-refractivity contribution is 5.94. The predicted molar refractivity (Wildman–Crippen MR) is 106 cm³/mol. The first-order valence-electron chi connectivity index (χ1n) is 10.6. The number of amides is 1. The van der Waals surface area contributed by atoms with Gasteiger partial charge >= 0.3 is 0 Å². The summed E-state index contributed by atoms with van der Waals surface area (Å²) in [7, 11) is 2.13. The highest BCUT2D eigenvalue weighted by atomic mass is 16.5. The van der Waals surface area contributed by atoms with Crippen LogP contribution < -0.4 is 0 Å². The molecule has 2 aromatic rings. The first-order valence-corrected chi connectivity index (χ1v) is 10.6. The van der Waals surface area contributed by atoms with Gasteiger partial charge in [0.2, 0.25) is 0 Å². The maximum Gasteiger partial charge on any atom is 0.274 e. The number of hydrogen-bond acceptors (Lipinski definition) is 5. The van der Waals surface area contributed by atoms with Crippen LogP contribution in [0.1, 0.15) is 66.5 Å². The van der Waals surface area contributed by atoms with Crippen LogP contribution in [0.2, 0.25) is 0 Å². The van der Waals surface area contributed by atoms with Crippen LogP contribution in [0.25, 0.3) is 0 Å². The summed E-state index contributed by atoms with van der Waals surface area (Å²) in [5.41, 5.74) is 4.06. The van der Waals surface area contributed by atoms with Gasteiger partial charge in [0.05, 0.1) is 5.69 Å². The van der Waals surface area contributed by atoms with Crippen LogP contribution in [-0.2, 0) is 25.9 Å². The predicted octanol–water partition coefficient (Wildman–Crippen LogP) is 2.90. The first-order chi connectivity index (χ1) is 13.7. The van der Waals surface area contributed by atoms with Crippen molar-refractivity contribution in [2.75, 3.05) is 20.1 Å². The fourth-order valence-corrected chi connectivity index (χ4v) is 4.61. The molecule has 152 valence electrons. The molecule has 0 aromatic carbocycles. The molecule has 1 fully saturated rings. The zero-order valence-corrected chi connectivity index (χ0v) is 17.1. The number of nitrogens with zero attached hydrogens (tertiary/aromatic N) is 5. The largest absolute Gasteiger partial charge is 0.364 e. The monoisotopic (exact) mass is 385 g/mol. The normalized spacial score (nSPS) is 20.2. The van der Waals surface area contributed by atoms with Crippen LogP contribution in [0.4, 0.5) is 0 Å². The Morgan fingerprint density at radius 1 is 1.29 bits per heavy atom. The molecule has 3 heterocycles. The molecule has 1 amide bonds. The molecule has 2 aromatic heterocycles. The van der Waals surface area contributed by atoms with E-state index < -0.39 is 0 Å². The Morgan fingerprint density at radius 3 is 2.75 bits per heavy atom. The van der Waals surface area contributed by atoms with Gasteiger partial charge in [0.25, 0.3) is 5.91 Å². The molecular weight excluding hydrogens is 354 g/mol. The molecule has 1 saturated heterocycles. The highest BCUT2D eigenvalue weighted by Gasteiger charge is 2.32. The summed E-state index contributed by atoms with van der Waals surface area (Å²) in [6.07, 6.45) is 9.18. The standard InChI is InChI=1S/C21H31N5O2/c1-3-26-19-9-8-17(24(2)15-16-10-13-28-23-16)14-18(19)20(22-26)21(27)25-11-6-4-5-7-12-25/h10,13,17H,3-9,11-12,14-15H2,1-2H3. The van der Waals surface area contributed by atoms with Crippen LogP contribution in [0.5, 0.6) is 0 Å². The van der Waals surface area contributed by atoms with E-state index in [4.69, 9.17) is 9.62 Å². The van der Waals surface area contributed by atoms with Crippen LogP contribution in [0.15, 0.2) is 16.9 Å². The second-order valence-electron chi connectivity index (χ2n) is 8.10. The maximum atomic E-state index is 13.3. The van der Waals surface area contributed by atoms with E-state index in [1.165, 1.54) is 24.1 Å². The number of carbonyl (C=O) groups excluding carboxylic acids is 1. The number of hydrogen-bond donors (Lipinski definition) is 0. The topological polar surface area (TPSA) is 67.4 Å². The van der Waals surface area contributed by atoms with Crippen LogP contribution in [0, 0.1) is 0 Å². The molecule has 0 saturated carbocycles. The van der Waals surface area contributed by atoms with Gasteiger partial charge < -0.3 is 9.42 Å².